The van der Waals surface area contributed by atoms with Gasteiger partial charge in [-0.25, -0.2) is 4.98 Å². The topological polar surface area (TPSA) is 49.3 Å². The Balaban J connectivity index is 1.68. The molecule has 1 aliphatic heterocycles. The normalized spacial score (nSPS) is 20.8. The van der Waals surface area contributed by atoms with E-state index in [4.69, 9.17) is 0 Å². The first-order valence-corrected chi connectivity index (χ1v) is 7.91. The zero-order valence-corrected chi connectivity index (χ0v) is 12.2. The van der Waals surface area contributed by atoms with E-state index in [1.165, 1.54) is 24.4 Å². The van der Waals surface area contributed by atoms with Crippen LogP contribution in [0.1, 0.15) is 44.3 Å². The van der Waals surface area contributed by atoms with Crippen molar-refractivity contribution in [1.82, 2.24) is 14.3 Å². The molecule has 19 heavy (non-hydrogen) atoms. The standard InChI is InChI=1S/C13H20N4OS/c1-2-6-16-7-3-8-17(9-11(16)18)13-14-12(15-19-13)10-4-5-10/h10H,2-9H2,1H3. The van der Waals surface area contributed by atoms with Crippen LogP contribution in [0.2, 0.25) is 0 Å². The van der Waals surface area contributed by atoms with E-state index >= 15 is 0 Å². The molecule has 1 aliphatic carbocycles. The smallest absolute Gasteiger partial charge is 0.242 e. The Labute approximate surface area is 117 Å². The van der Waals surface area contributed by atoms with Crippen molar-refractivity contribution in [2.75, 3.05) is 31.1 Å². The van der Waals surface area contributed by atoms with Gasteiger partial charge in [-0.05, 0) is 25.7 Å². The zero-order chi connectivity index (χ0) is 13.2. The van der Waals surface area contributed by atoms with Gasteiger partial charge >= 0.3 is 0 Å². The highest BCUT2D eigenvalue weighted by atomic mass is 32.1. The highest BCUT2D eigenvalue weighted by Crippen LogP contribution is 2.39. The van der Waals surface area contributed by atoms with Gasteiger partial charge in [0.2, 0.25) is 11.0 Å². The molecule has 2 fully saturated rings. The fourth-order valence-electron chi connectivity index (χ4n) is 2.45. The van der Waals surface area contributed by atoms with Gasteiger partial charge in [-0.3, -0.25) is 4.79 Å². The molecule has 1 saturated carbocycles. The monoisotopic (exact) mass is 280 g/mol. The molecular formula is C13H20N4OS. The summed E-state index contributed by atoms with van der Waals surface area (Å²) in [5.41, 5.74) is 0. The minimum atomic E-state index is 0.225. The molecule has 104 valence electrons. The summed E-state index contributed by atoms with van der Waals surface area (Å²) in [4.78, 5) is 20.9. The second kappa shape index (κ2) is 5.45. The van der Waals surface area contributed by atoms with Crippen molar-refractivity contribution < 1.29 is 4.79 Å². The maximum atomic E-state index is 12.2. The Morgan fingerprint density at radius 2 is 2.21 bits per heavy atom. The van der Waals surface area contributed by atoms with Gasteiger partial charge in [-0.1, -0.05) is 6.92 Å². The van der Waals surface area contributed by atoms with E-state index in [-0.39, 0.29) is 5.91 Å². The van der Waals surface area contributed by atoms with Crippen LogP contribution in [0.5, 0.6) is 0 Å². The number of nitrogens with zero attached hydrogens (tertiary/aromatic N) is 4. The summed E-state index contributed by atoms with van der Waals surface area (Å²) in [5, 5.41) is 0.925. The Kier molecular flexibility index (Phi) is 3.68. The van der Waals surface area contributed by atoms with Crippen molar-refractivity contribution in [3.8, 4) is 0 Å². The number of amides is 1. The highest BCUT2D eigenvalue weighted by Gasteiger charge is 2.29. The number of carbonyl (C=O) groups excluding carboxylic acids is 1. The fourth-order valence-corrected chi connectivity index (χ4v) is 3.22. The van der Waals surface area contributed by atoms with Crippen molar-refractivity contribution in [2.24, 2.45) is 0 Å². The SMILES string of the molecule is CCCN1CCCN(c2nc(C3CC3)ns2)CC1=O. The van der Waals surface area contributed by atoms with Gasteiger partial charge in [0.15, 0.2) is 0 Å². The molecule has 0 aromatic carbocycles. The van der Waals surface area contributed by atoms with Crippen LogP contribution in [0.3, 0.4) is 0 Å². The molecule has 0 N–H and O–H groups in total. The van der Waals surface area contributed by atoms with E-state index in [1.807, 2.05) is 4.90 Å². The van der Waals surface area contributed by atoms with Gasteiger partial charge in [0, 0.05) is 37.1 Å². The first-order valence-electron chi connectivity index (χ1n) is 7.14. The van der Waals surface area contributed by atoms with Crippen LogP contribution in [0.15, 0.2) is 0 Å². The number of carbonyl (C=O) groups is 1. The van der Waals surface area contributed by atoms with Crippen molar-refractivity contribution in [3.63, 3.8) is 0 Å². The molecule has 5 nitrogen and oxygen atoms in total. The van der Waals surface area contributed by atoms with Crippen LogP contribution < -0.4 is 4.90 Å². The molecule has 2 heterocycles. The van der Waals surface area contributed by atoms with Gasteiger partial charge in [-0.2, -0.15) is 4.37 Å². The number of aromatic nitrogens is 2. The number of anilines is 1. The summed E-state index contributed by atoms with van der Waals surface area (Å²) in [6.07, 6.45) is 4.49. The van der Waals surface area contributed by atoms with Gasteiger partial charge in [0.05, 0.1) is 6.54 Å². The summed E-state index contributed by atoms with van der Waals surface area (Å²) in [5.74, 6) is 1.80. The van der Waals surface area contributed by atoms with Gasteiger partial charge in [0.25, 0.3) is 0 Å². The van der Waals surface area contributed by atoms with Crippen LogP contribution in [0.4, 0.5) is 5.13 Å². The van der Waals surface area contributed by atoms with E-state index in [1.54, 1.807) is 0 Å². The first kappa shape index (κ1) is 12.8. The molecule has 1 saturated heterocycles. The minimum absolute atomic E-state index is 0.225. The second-order valence-electron chi connectivity index (χ2n) is 5.37. The van der Waals surface area contributed by atoms with E-state index in [9.17, 15) is 4.79 Å². The Morgan fingerprint density at radius 1 is 1.37 bits per heavy atom. The molecule has 1 amide bonds. The molecule has 0 atom stereocenters. The average Bonchev–Trinajstić information content (AvgIpc) is 3.17. The Hall–Kier alpha value is -1.17. The predicted octanol–water partition coefficient (Wildman–Crippen LogP) is 1.86. The molecule has 3 rings (SSSR count). The lowest BCUT2D eigenvalue weighted by molar-refractivity contribution is -0.129. The molecular weight excluding hydrogens is 260 g/mol. The third-order valence-corrected chi connectivity index (χ3v) is 4.46. The van der Waals surface area contributed by atoms with E-state index in [2.05, 4.69) is 21.2 Å². The van der Waals surface area contributed by atoms with Gasteiger partial charge < -0.3 is 9.80 Å². The molecule has 1 aromatic heterocycles. The van der Waals surface area contributed by atoms with Crippen LogP contribution in [0, 0.1) is 0 Å². The Bertz CT molecular complexity index is 457. The van der Waals surface area contributed by atoms with E-state index in [0.29, 0.717) is 12.5 Å². The minimum Gasteiger partial charge on any atom is -0.341 e. The van der Waals surface area contributed by atoms with Crippen molar-refractivity contribution in [1.29, 1.82) is 0 Å². The largest absolute Gasteiger partial charge is 0.341 e. The lowest BCUT2D eigenvalue weighted by atomic mass is 10.3. The van der Waals surface area contributed by atoms with Gasteiger partial charge in [-0.15, -0.1) is 0 Å². The van der Waals surface area contributed by atoms with Crippen molar-refractivity contribution >= 4 is 22.6 Å². The van der Waals surface area contributed by atoms with E-state index in [0.717, 1.165) is 43.4 Å². The average molecular weight is 280 g/mol. The molecule has 1 aromatic rings. The quantitative estimate of drug-likeness (QED) is 0.845. The van der Waals surface area contributed by atoms with Crippen LogP contribution in [-0.4, -0.2) is 46.3 Å². The van der Waals surface area contributed by atoms with Crippen LogP contribution in [-0.2, 0) is 4.79 Å². The summed E-state index contributed by atoms with van der Waals surface area (Å²) in [7, 11) is 0. The number of rotatable bonds is 4. The predicted molar refractivity (Wildman–Crippen MR) is 75.6 cm³/mol. The third kappa shape index (κ3) is 2.88. The van der Waals surface area contributed by atoms with Crippen LogP contribution >= 0.6 is 11.5 Å². The second-order valence-corrected chi connectivity index (χ2v) is 6.10. The Morgan fingerprint density at radius 3 is 2.95 bits per heavy atom. The van der Waals surface area contributed by atoms with Crippen molar-refractivity contribution in [2.45, 2.75) is 38.5 Å². The molecule has 0 unspecified atom stereocenters. The molecule has 0 bridgehead atoms. The number of hydrogen-bond donors (Lipinski definition) is 0. The lowest BCUT2D eigenvalue weighted by Gasteiger charge is -2.20. The molecule has 6 heteroatoms. The first-order chi connectivity index (χ1) is 9.28. The van der Waals surface area contributed by atoms with Crippen LogP contribution in [0.25, 0.3) is 0 Å². The zero-order valence-electron chi connectivity index (χ0n) is 11.3. The van der Waals surface area contributed by atoms with Gasteiger partial charge in [0.1, 0.15) is 5.82 Å². The summed E-state index contributed by atoms with van der Waals surface area (Å²) < 4.78 is 4.43. The lowest BCUT2D eigenvalue weighted by Crippen LogP contribution is -2.37. The maximum absolute atomic E-state index is 12.2. The molecule has 0 spiro atoms. The summed E-state index contributed by atoms with van der Waals surface area (Å²) in [6, 6.07) is 0. The summed E-state index contributed by atoms with van der Waals surface area (Å²) >= 11 is 1.44. The van der Waals surface area contributed by atoms with Crippen molar-refractivity contribution in [3.05, 3.63) is 5.82 Å². The molecule has 0 radical (unpaired) electrons. The number of hydrogen-bond acceptors (Lipinski definition) is 5. The molecule has 2 aliphatic rings. The third-order valence-electron chi connectivity index (χ3n) is 3.67. The maximum Gasteiger partial charge on any atom is 0.242 e. The highest BCUT2D eigenvalue weighted by molar-refractivity contribution is 7.09. The summed E-state index contributed by atoms with van der Waals surface area (Å²) in [6.45, 7) is 5.22. The fraction of sp³-hybridized carbons (Fsp3) is 0.769. The van der Waals surface area contributed by atoms with E-state index < -0.39 is 0 Å².